The molecule has 3 aromatic carbocycles. The number of likely N-dealkylation sites (N-methyl/N-ethyl adjacent to an activating group) is 1. The Morgan fingerprint density at radius 1 is 1.03 bits per heavy atom. The van der Waals surface area contributed by atoms with E-state index in [0.29, 0.717) is 20.2 Å². The third-order valence-electron chi connectivity index (χ3n) is 4.69. The molecule has 1 amide bonds. The van der Waals surface area contributed by atoms with Crippen molar-refractivity contribution in [3.8, 4) is 11.5 Å². The second kappa shape index (κ2) is 8.33. The fourth-order valence-corrected chi connectivity index (χ4v) is 5.46. The molecule has 158 valence electrons. The predicted molar refractivity (Wildman–Crippen MR) is 126 cm³/mol. The van der Waals surface area contributed by atoms with E-state index < -0.39 is 10.1 Å². The highest BCUT2D eigenvalue weighted by molar-refractivity contribution is 8.26. The minimum Gasteiger partial charge on any atom is -0.493 e. The smallest absolute Gasteiger partial charge is 0.339 e. The van der Waals surface area contributed by atoms with Gasteiger partial charge in [-0.05, 0) is 35.2 Å². The standard InChI is InChI=1S/C22H17NO5S3/c1-23-21(24)19(30-22(23)29)13-14-10-11-17(18(12-14)27-2)28-31(25,26)20-9-5-7-15-6-3-4-8-16(15)20/h3-13H,1-2H3/b19-13+. The van der Waals surface area contributed by atoms with E-state index in [1.165, 1.54) is 35.9 Å². The maximum atomic E-state index is 13.0. The number of amides is 1. The highest BCUT2D eigenvalue weighted by atomic mass is 32.2. The van der Waals surface area contributed by atoms with Crippen LogP contribution in [0, 0.1) is 0 Å². The van der Waals surface area contributed by atoms with Crippen LogP contribution in [0.4, 0.5) is 0 Å². The van der Waals surface area contributed by atoms with Gasteiger partial charge in [-0.1, -0.05) is 66.4 Å². The van der Waals surface area contributed by atoms with Crippen molar-refractivity contribution in [1.82, 2.24) is 4.90 Å². The molecule has 1 aliphatic rings. The summed E-state index contributed by atoms with van der Waals surface area (Å²) in [4.78, 5) is 14.2. The summed E-state index contributed by atoms with van der Waals surface area (Å²) < 4.78 is 37.3. The van der Waals surface area contributed by atoms with Crippen molar-refractivity contribution in [2.45, 2.75) is 4.90 Å². The fourth-order valence-electron chi connectivity index (χ4n) is 3.12. The van der Waals surface area contributed by atoms with E-state index in [2.05, 4.69) is 0 Å². The molecule has 31 heavy (non-hydrogen) atoms. The molecule has 6 nitrogen and oxygen atoms in total. The Balaban J connectivity index is 1.67. The van der Waals surface area contributed by atoms with E-state index in [1.807, 2.05) is 18.2 Å². The van der Waals surface area contributed by atoms with E-state index in [9.17, 15) is 13.2 Å². The van der Waals surface area contributed by atoms with Crippen molar-refractivity contribution in [3.63, 3.8) is 0 Å². The lowest BCUT2D eigenvalue weighted by Crippen LogP contribution is -2.22. The average Bonchev–Trinajstić information content (AvgIpc) is 3.00. The molecule has 3 aromatic rings. The summed E-state index contributed by atoms with van der Waals surface area (Å²) in [5.74, 6) is 0.0907. The quantitative estimate of drug-likeness (QED) is 0.309. The second-order valence-electron chi connectivity index (χ2n) is 6.67. The highest BCUT2D eigenvalue weighted by Gasteiger charge is 2.29. The van der Waals surface area contributed by atoms with Gasteiger partial charge in [0, 0.05) is 12.4 Å². The number of ether oxygens (including phenoxy) is 1. The molecule has 4 rings (SSSR count). The number of thioether (sulfide) groups is 1. The molecular formula is C22H17NO5S3. The second-order valence-corrected chi connectivity index (χ2v) is 9.86. The molecule has 0 N–H and O–H groups in total. The number of hydrogen-bond donors (Lipinski definition) is 0. The minimum atomic E-state index is -4.11. The molecule has 0 spiro atoms. The van der Waals surface area contributed by atoms with Crippen LogP contribution < -0.4 is 8.92 Å². The summed E-state index contributed by atoms with van der Waals surface area (Å²) in [6.07, 6.45) is 1.67. The van der Waals surface area contributed by atoms with Gasteiger partial charge < -0.3 is 8.92 Å². The lowest BCUT2D eigenvalue weighted by atomic mass is 10.1. The first-order chi connectivity index (χ1) is 14.8. The highest BCUT2D eigenvalue weighted by Crippen LogP contribution is 2.35. The number of carbonyl (C=O) groups excluding carboxylic acids is 1. The zero-order valence-corrected chi connectivity index (χ0v) is 19.0. The van der Waals surface area contributed by atoms with Gasteiger partial charge in [-0.2, -0.15) is 8.42 Å². The summed E-state index contributed by atoms with van der Waals surface area (Å²) in [7, 11) is -1.07. The number of carbonyl (C=O) groups is 1. The number of nitrogens with zero attached hydrogens (tertiary/aromatic N) is 1. The van der Waals surface area contributed by atoms with Crippen molar-refractivity contribution in [1.29, 1.82) is 0 Å². The molecule has 0 bridgehead atoms. The first-order valence-corrected chi connectivity index (χ1v) is 11.8. The first-order valence-electron chi connectivity index (χ1n) is 9.12. The minimum absolute atomic E-state index is 0.0515. The molecule has 1 heterocycles. The van der Waals surface area contributed by atoms with Gasteiger partial charge in [-0.15, -0.1) is 0 Å². The van der Waals surface area contributed by atoms with Crippen molar-refractivity contribution >= 4 is 61.2 Å². The fraction of sp³-hybridized carbons (Fsp3) is 0.0909. The Bertz CT molecular complexity index is 1340. The number of thiocarbonyl (C=S) groups is 1. The van der Waals surface area contributed by atoms with Crippen LogP contribution >= 0.6 is 24.0 Å². The molecule has 1 aliphatic heterocycles. The van der Waals surface area contributed by atoms with E-state index in [0.717, 1.165) is 5.39 Å². The van der Waals surface area contributed by atoms with Crippen LogP contribution in [0.15, 0.2) is 70.5 Å². The summed E-state index contributed by atoms with van der Waals surface area (Å²) in [5.41, 5.74) is 0.653. The SMILES string of the molecule is COc1cc(/C=C2/SC(=S)N(C)C2=O)ccc1OS(=O)(=O)c1cccc2ccccc12. The maximum absolute atomic E-state index is 13.0. The Hall–Kier alpha value is -2.88. The van der Waals surface area contributed by atoms with E-state index in [-0.39, 0.29) is 22.3 Å². The number of fused-ring (bicyclic) bond motifs is 1. The average molecular weight is 472 g/mol. The van der Waals surface area contributed by atoms with Crippen LogP contribution in [0.1, 0.15) is 5.56 Å². The molecule has 0 saturated carbocycles. The Labute approximate surface area is 189 Å². The van der Waals surface area contributed by atoms with E-state index in [1.54, 1.807) is 43.5 Å². The van der Waals surface area contributed by atoms with E-state index >= 15 is 0 Å². The van der Waals surface area contributed by atoms with Gasteiger partial charge in [0.1, 0.15) is 9.22 Å². The number of rotatable bonds is 5. The zero-order chi connectivity index (χ0) is 22.2. The molecule has 0 radical (unpaired) electrons. The molecule has 0 atom stereocenters. The van der Waals surface area contributed by atoms with Crippen molar-refractivity contribution in [3.05, 3.63) is 71.1 Å². The lowest BCUT2D eigenvalue weighted by molar-refractivity contribution is -0.121. The normalized spacial score (nSPS) is 15.7. The molecule has 1 saturated heterocycles. The molecule has 0 unspecified atom stereocenters. The molecule has 0 aromatic heterocycles. The summed E-state index contributed by atoms with van der Waals surface area (Å²) in [5, 5.41) is 1.37. The third kappa shape index (κ3) is 4.16. The largest absolute Gasteiger partial charge is 0.493 e. The monoisotopic (exact) mass is 471 g/mol. The topological polar surface area (TPSA) is 72.9 Å². The van der Waals surface area contributed by atoms with Crippen LogP contribution in [0.2, 0.25) is 0 Å². The summed E-state index contributed by atoms with van der Waals surface area (Å²) >= 11 is 6.34. The Morgan fingerprint density at radius 2 is 1.77 bits per heavy atom. The predicted octanol–water partition coefficient (Wildman–Crippen LogP) is 4.45. The van der Waals surface area contributed by atoms with Crippen LogP contribution in [-0.4, -0.2) is 37.7 Å². The van der Waals surface area contributed by atoms with Crippen LogP contribution in [-0.2, 0) is 14.9 Å². The lowest BCUT2D eigenvalue weighted by Gasteiger charge is -2.13. The van der Waals surface area contributed by atoms with Crippen LogP contribution in [0.25, 0.3) is 16.8 Å². The van der Waals surface area contributed by atoms with Crippen molar-refractivity contribution < 1.29 is 22.1 Å². The van der Waals surface area contributed by atoms with Gasteiger partial charge in [0.05, 0.1) is 12.0 Å². The van der Waals surface area contributed by atoms with Gasteiger partial charge in [0.15, 0.2) is 11.5 Å². The summed E-state index contributed by atoms with van der Waals surface area (Å²) in [6.45, 7) is 0. The van der Waals surface area contributed by atoms with Gasteiger partial charge >= 0.3 is 10.1 Å². The number of methoxy groups -OCH3 is 1. The molecular weight excluding hydrogens is 454 g/mol. The van der Waals surface area contributed by atoms with Crippen molar-refractivity contribution in [2.24, 2.45) is 0 Å². The van der Waals surface area contributed by atoms with Crippen LogP contribution in [0.3, 0.4) is 0 Å². The molecule has 1 fully saturated rings. The van der Waals surface area contributed by atoms with Crippen molar-refractivity contribution in [2.75, 3.05) is 14.2 Å². The molecule has 0 aliphatic carbocycles. The Kier molecular flexibility index (Phi) is 5.74. The molecule has 9 heteroatoms. The number of hydrogen-bond acceptors (Lipinski definition) is 7. The van der Waals surface area contributed by atoms with Gasteiger partial charge in [0.2, 0.25) is 0 Å². The van der Waals surface area contributed by atoms with E-state index in [4.69, 9.17) is 21.1 Å². The maximum Gasteiger partial charge on any atom is 0.339 e. The first kappa shape index (κ1) is 21.4. The zero-order valence-electron chi connectivity index (χ0n) is 16.6. The van der Waals surface area contributed by atoms with Gasteiger partial charge in [0.25, 0.3) is 5.91 Å². The summed E-state index contributed by atoms with van der Waals surface area (Å²) in [6, 6.07) is 17.0. The Morgan fingerprint density at radius 3 is 2.48 bits per heavy atom. The van der Waals surface area contributed by atoms with Gasteiger partial charge in [-0.25, -0.2) is 0 Å². The van der Waals surface area contributed by atoms with Gasteiger partial charge in [-0.3, -0.25) is 9.69 Å². The van der Waals surface area contributed by atoms with Crippen LogP contribution in [0.5, 0.6) is 11.5 Å². The number of benzene rings is 3. The third-order valence-corrected chi connectivity index (χ3v) is 7.47.